The van der Waals surface area contributed by atoms with Crippen LogP contribution in [0.4, 0.5) is 9.18 Å². The lowest BCUT2D eigenvalue weighted by Crippen LogP contribution is -2.44. The van der Waals surface area contributed by atoms with Gasteiger partial charge >= 0.3 is 6.09 Å². The minimum absolute atomic E-state index is 0.0283. The van der Waals surface area contributed by atoms with Crippen LogP contribution in [-0.4, -0.2) is 62.2 Å². The number of hydrogen-bond acceptors (Lipinski definition) is 5. The second kappa shape index (κ2) is 11.2. The van der Waals surface area contributed by atoms with Crippen LogP contribution in [0, 0.1) is 12.7 Å². The fraction of sp³-hybridized carbons (Fsp3) is 0.429. The third-order valence-corrected chi connectivity index (χ3v) is 6.68. The van der Waals surface area contributed by atoms with Gasteiger partial charge in [0.05, 0.1) is 17.1 Å². The molecule has 1 heterocycles. The topological polar surface area (TPSA) is 111 Å². The van der Waals surface area contributed by atoms with Crippen molar-refractivity contribution < 1.29 is 23.5 Å². The van der Waals surface area contributed by atoms with Gasteiger partial charge in [0.25, 0.3) is 5.91 Å². The average molecular weight is 558 g/mol. The SMILES string of the molecule is Cc1ccc2c(c1)c(C(N)=O)nn2CC(=O)N(CCN(Cc1cccc(Cl)c1F)C(=O)OC(C)(C)C)C1CC1. The van der Waals surface area contributed by atoms with Crippen LogP contribution in [0.25, 0.3) is 10.9 Å². The van der Waals surface area contributed by atoms with Crippen molar-refractivity contribution in [2.75, 3.05) is 13.1 Å². The Morgan fingerprint density at radius 3 is 2.54 bits per heavy atom. The van der Waals surface area contributed by atoms with E-state index in [-0.39, 0.29) is 54.4 Å². The normalized spacial score (nSPS) is 13.4. The van der Waals surface area contributed by atoms with Crippen LogP contribution < -0.4 is 5.73 Å². The van der Waals surface area contributed by atoms with E-state index in [9.17, 15) is 18.8 Å². The molecule has 2 N–H and O–H groups in total. The van der Waals surface area contributed by atoms with E-state index in [0.717, 1.165) is 18.4 Å². The third-order valence-electron chi connectivity index (χ3n) is 6.39. The molecule has 3 aromatic rings. The molecule has 11 heteroatoms. The molecular weight excluding hydrogens is 525 g/mol. The number of amides is 3. The number of halogens is 2. The van der Waals surface area contributed by atoms with Crippen LogP contribution >= 0.6 is 11.6 Å². The van der Waals surface area contributed by atoms with Gasteiger partial charge in [-0.05, 0) is 58.7 Å². The lowest BCUT2D eigenvalue weighted by Gasteiger charge is -2.30. The summed E-state index contributed by atoms with van der Waals surface area (Å²) in [6, 6.07) is 10.1. The van der Waals surface area contributed by atoms with E-state index < -0.39 is 23.4 Å². The van der Waals surface area contributed by atoms with Gasteiger partial charge in [-0.15, -0.1) is 0 Å². The van der Waals surface area contributed by atoms with E-state index in [1.165, 1.54) is 15.6 Å². The van der Waals surface area contributed by atoms with Crippen LogP contribution in [0.15, 0.2) is 36.4 Å². The molecule has 0 unspecified atom stereocenters. The molecular formula is C28H33ClFN5O4. The van der Waals surface area contributed by atoms with Crippen molar-refractivity contribution in [1.29, 1.82) is 0 Å². The summed E-state index contributed by atoms with van der Waals surface area (Å²) >= 11 is 5.95. The second-order valence-electron chi connectivity index (χ2n) is 10.8. The van der Waals surface area contributed by atoms with E-state index in [2.05, 4.69) is 5.10 Å². The van der Waals surface area contributed by atoms with Crippen LogP contribution in [0.3, 0.4) is 0 Å². The molecule has 1 fully saturated rings. The van der Waals surface area contributed by atoms with E-state index in [4.69, 9.17) is 22.1 Å². The largest absolute Gasteiger partial charge is 0.444 e. The summed E-state index contributed by atoms with van der Waals surface area (Å²) in [4.78, 5) is 41.6. The van der Waals surface area contributed by atoms with Gasteiger partial charge in [0.2, 0.25) is 5.91 Å². The van der Waals surface area contributed by atoms with Crippen molar-refractivity contribution in [3.8, 4) is 0 Å². The Bertz CT molecular complexity index is 1410. The highest BCUT2D eigenvalue weighted by molar-refractivity contribution is 6.30. The zero-order valence-electron chi connectivity index (χ0n) is 22.5. The Morgan fingerprint density at radius 1 is 1.18 bits per heavy atom. The maximum absolute atomic E-state index is 14.7. The Morgan fingerprint density at radius 2 is 1.90 bits per heavy atom. The van der Waals surface area contributed by atoms with Gasteiger partial charge in [0, 0.05) is 30.1 Å². The highest BCUT2D eigenvalue weighted by atomic mass is 35.5. The van der Waals surface area contributed by atoms with Crippen LogP contribution in [-0.2, 0) is 22.6 Å². The average Bonchev–Trinajstić information content (AvgIpc) is 3.61. The summed E-state index contributed by atoms with van der Waals surface area (Å²) < 4.78 is 21.7. The molecule has 3 amide bonds. The Kier molecular flexibility index (Phi) is 8.15. The number of carbonyl (C=O) groups is 3. The number of rotatable bonds is 9. The number of nitrogens with two attached hydrogens (primary N) is 1. The zero-order chi connectivity index (χ0) is 28.5. The number of aryl methyl sites for hydroxylation is 1. The van der Waals surface area contributed by atoms with Crippen molar-refractivity contribution in [3.05, 3.63) is 64.1 Å². The van der Waals surface area contributed by atoms with Crippen LogP contribution in [0.1, 0.15) is 55.2 Å². The van der Waals surface area contributed by atoms with Crippen molar-refractivity contribution in [2.45, 2.75) is 65.3 Å². The fourth-order valence-electron chi connectivity index (χ4n) is 4.38. The quantitative estimate of drug-likeness (QED) is 0.411. The molecule has 39 heavy (non-hydrogen) atoms. The van der Waals surface area contributed by atoms with Gasteiger partial charge in [-0.3, -0.25) is 14.3 Å². The zero-order valence-corrected chi connectivity index (χ0v) is 23.3. The first-order chi connectivity index (χ1) is 18.3. The Labute approximate surface area is 231 Å². The first-order valence-corrected chi connectivity index (χ1v) is 13.2. The Balaban J connectivity index is 1.54. The van der Waals surface area contributed by atoms with Gasteiger partial charge in [0.15, 0.2) is 5.69 Å². The molecule has 0 saturated heterocycles. The number of fused-ring (bicyclic) bond motifs is 1. The van der Waals surface area contributed by atoms with Crippen molar-refractivity contribution in [3.63, 3.8) is 0 Å². The first kappa shape index (κ1) is 28.4. The number of aromatic nitrogens is 2. The second-order valence-corrected chi connectivity index (χ2v) is 11.2. The molecule has 0 aliphatic heterocycles. The lowest BCUT2D eigenvalue weighted by atomic mass is 10.1. The monoisotopic (exact) mass is 557 g/mol. The van der Waals surface area contributed by atoms with Crippen molar-refractivity contribution in [1.82, 2.24) is 19.6 Å². The summed E-state index contributed by atoms with van der Waals surface area (Å²) in [5.41, 5.74) is 6.70. The number of hydrogen-bond donors (Lipinski definition) is 1. The number of carbonyl (C=O) groups excluding carboxylic acids is 3. The molecule has 0 bridgehead atoms. The van der Waals surface area contributed by atoms with E-state index in [0.29, 0.717) is 10.9 Å². The Hall–Kier alpha value is -3.66. The number of benzene rings is 2. The molecule has 4 rings (SSSR count). The number of ether oxygens (including phenoxy) is 1. The van der Waals surface area contributed by atoms with Crippen molar-refractivity contribution >= 4 is 40.4 Å². The molecule has 1 aliphatic rings. The standard InChI is InChI=1S/C28H33ClFN5O4/c1-17-8-11-22-20(14-17)25(26(31)37)32-35(22)16-23(36)34(19-9-10-19)13-12-33(27(38)39-28(2,3)4)15-18-6-5-7-21(29)24(18)30/h5-8,11,14,19H,9-10,12-13,15-16H2,1-4H3,(H2,31,37). The lowest BCUT2D eigenvalue weighted by molar-refractivity contribution is -0.132. The number of primary amides is 1. The van der Waals surface area contributed by atoms with Gasteiger partial charge in [-0.2, -0.15) is 5.10 Å². The summed E-state index contributed by atoms with van der Waals surface area (Å²) in [7, 11) is 0. The molecule has 1 aromatic heterocycles. The van der Waals surface area contributed by atoms with Crippen LogP contribution in [0.5, 0.6) is 0 Å². The first-order valence-electron chi connectivity index (χ1n) is 12.8. The van der Waals surface area contributed by atoms with E-state index in [1.807, 2.05) is 25.1 Å². The fourth-order valence-corrected chi connectivity index (χ4v) is 4.57. The maximum atomic E-state index is 14.7. The van der Waals surface area contributed by atoms with Crippen LogP contribution in [0.2, 0.25) is 5.02 Å². The van der Waals surface area contributed by atoms with E-state index >= 15 is 0 Å². The molecule has 9 nitrogen and oxygen atoms in total. The summed E-state index contributed by atoms with van der Waals surface area (Å²) in [5, 5.41) is 4.88. The molecule has 0 atom stereocenters. The van der Waals surface area contributed by atoms with Gasteiger partial charge in [-0.25, -0.2) is 9.18 Å². The smallest absolute Gasteiger partial charge is 0.410 e. The minimum atomic E-state index is -0.758. The van der Waals surface area contributed by atoms with Gasteiger partial charge in [-0.1, -0.05) is 35.4 Å². The molecule has 0 spiro atoms. The number of nitrogens with zero attached hydrogens (tertiary/aromatic N) is 4. The maximum Gasteiger partial charge on any atom is 0.410 e. The molecule has 1 saturated carbocycles. The molecule has 2 aromatic carbocycles. The predicted molar refractivity (Wildman–Crippen MR) is 146 cm³/mol. The molecule has 208 valence electrons. The highest BCUT2D eigenvalue weighted by Crippen LogP contribution is 2.28. The predicted octanol–water partition coefficient (Wildman–Crippen LogP) is 4.66. The third kappa shape index (κ3) is 6.86. The summed E-state index contributed by atoms with van der Waals surface area (Å²) in [5.74, 6) is -1.48. The van der Waals surface area contributed by atoms with Gasteiger partial charge < -0.3 is 20.3 Å². The van der Waals surface area contributed by atoms with E-state index in [1.54, 1.807) is 37.8 Å². The minimum Gasteiger partial charge on any atom is -0.444 e. The molecule has 1 aliphatic carbocycles. The molecule has 0 radical (unpaired) electrons. The van der Waals surface area contributed by atoms with Crippen molar-refractivity contribution in [2.24, 2.45) is 5.73 Å². The summed E-state index contributed by atoms with van der Waals surface area (Å²) in [6.45, 7) is 7.31. The van der Waals surface area contributed by atoms with Gasteiger partial charge in [0.1, 0.15) is 18.0 Å². The highest BCUT2D eigenvalue weighted by Gasteiger charge is 2.34. The summed E-state index contributed by atoms with van der Waals surface area (Å²) in [6.07, 6.45) is 1.06.